The van der Waals surface area contributed by atoms with E-state index >= 15 is 0 Å². The normalized spacial score (nSPS) is 12.9. The molecule has 2 rings (SSSR count). The molecule has 20 heavy (non-hydrogen) atoms. The Morgan fingerprint density at radius 2 is 1.70 bits per heavy atom. The summed E-state index contributed by atoms with van der Waals surface area (Å²) in [6, 6.07) is 15.0. The molecule has 1 N–H and O–H groups in total. The molecule has 0 aromatic heterocycles. The van der Waals surface area contributed by atoms with Crippen LogP contribution in [-0.4, -0.2) is 10.0 Å². The van der Waals surface area contributed by atoms with Gasteiger partial charge in [0.1, 0.15) is 5.60 Å². The molecule has 0 fully saturated rings. The molecule has 0 heterocycles. The van der Waals surface area contributed by atoms with Crippen LogP contribution in [0, 0.1) is 22.0 Å². The zero-order valence-corrected chi connectivity index (χ0v) is 10.9. The van der Waals surface area contributed by atoms with Crippen molar-refractivity contribution in [1.82, 2.24) is 0 Å². The second-order valence-corrected chi connectivity index (χ2v) is 4.49. The van der Waals surface area contributed by atoms with E-state index < -0.39 is 10.5 Å². The molecule has 4 nitrogen and oxygen atoms in total. The number of aliphatic hydroxyl groups is 1. The van der Waals surface area contributed by atoms with Crippen LogP contribution in [0.25, 0.3) is 0 Å². The van der Waals surface area contributed by atoms with Crippen LogP contribution in [0.15, 0.2) is 54.6 Å². The van der Waals surface area contributed by atoms with E-state index in [-0.39, 0.29) is 5.69 Å². The van der Waals surface area contributed by atoms with Gasteiger partial charge >= 0.3 is 0 Å². The van der Waals surface area contributed by atoms with Gasteiger partial charge in [-0.1, -0.05) is 42.2 Å². The number of nitro benzene ring substituents is 1. The SMILES string of the molecule is CC(O)(C#Cc1ccc([N+](=O)[O-])cc1)c1ccccc1. The highest BCUT2D eigenvalue weighted by Crippen LogP contribution is 2.19. The maximum Gasteiger partial charge on any atom is 0.269 e. The Morgan fingerprint density at radius 1 is 1.10 bits per heavy atom. The first-order chi connectivity index (χ1) is 9.49. The van der Waals surface area contributed by atoms with Gasteiger partial charge in [0.2, 0.25) is 0 Å². The minimum atomic E-state index is -1.26. The van der Waals surface area contributed by atoms with E-state index in [4.69, 9.17) is 0 Å². The monoisotopic (exact) mass is 267 g/mol. The van der Waals surface area contributed by atoms with Gasteiger partial charge < -0.3 is 5.11 Å². The summed E-state index contributed by atoms with van der Waals surface area (Å²) in [6.45, 7) is 1.61. The lowest BCUT2D eigenvalue weighted by molar-refractivity contribution is -0.384. The summed E-state index contributed by atoms with van der Waals surface area (Å²) in [5.41, 5.74) is 0.0786. The first-order valence-electron chi connectivity index (χ1n) is 6.04. The quantitative estimate of drug-likeness (QED) is 0.517. The molecule has 0 spiro atoms. The van der Waals surface area contributed by atoms with Gasteiger partial charge in [-0.2, -0.15) is 0 Å². The Kier molecular flexibility index (Phi) is 3.83. The molecule has 0 radical (unpaired) electrons. The van der Waals surface area contributed by atoms with Crippen LogP contribution in [0.5, 0.6) is 0 Å². The molecule has 2 aromatic rings. The van der Waals surface area contributed by atoms with Gasteiger partial charge in [-0.25, -0.2) is 0 Å². The molecule has 0 bridgehead atoms. The largest absolute Gasteiger partial charge is 0.374 e. The minimum Gasteiger partial charge on any atom is -0.374 e. The van der Waals surface area contributed by atoms with Crippen LogP contribution < -0.4 is 0 Å². The summed E-state index contributed by atoms with van der Waals surface area (Å²) in [5, 5.41) is 20.9. The summed E-state index contributed by atoms with van der Waals surface area (Å²) < 4.78 is 0. The standard InChI is InChI=1S/C16H13NO3/c1-16(18,14-5-3-2-4-6-14)12-11-13-7-9-15(10-8-13)17(19)20/h2-10,18H,1H3. The molecule has 0 aliphatic heterocycles. The average molecular weight is 267 g/mol. The molecular formula is C16H13NO3. The predicted molar refractivity (Wildman–Crippen MR) is 76.0 cm³/mol. The molecule has 4 heteroatoms. The first-order valence-corrected chi connectivity index (χ1v) is 6.04. The van der Waals surface area contributed by atoms with Crippen molar-refractivity contribution < 1.29 is 10.0 Å². The fraction of sp³-hybridized carbons (Fsp3) is 0.125. The topological polar surface area (TPSA) is 63.4 Å². The molecule has 100 valence electrons. The summed E-state index contributed by atoms with van der Waals surface area (Å²) in [4.78, 5) is 10.1. The first kappa shape index (κ1) is 13.8. The third-order valence-electron chi connectivity index (χ3n) is 2.86. The molecule has 2 aromatic carbocycles. The van der Waals surface area contributed by atoms with Crippen LogP contribution in [0.3, 0.4) is 0 Å². The minimum absolute atomic E-state index is 0.0189. The fourth-order valence-electron chi connectivity index (χ4n) is 1.70. The number of rotatable bonds is 2. The third-order valence-corrected chi connectivity index (χ3v) is 2.86. The summed E-state index contributed by atoms with van der Waals surface area (Å²) >= 11 is 0. The second kappa shape index (κ2) is 5.55. The van der Waals surface area contributed by atoms with Gasteiger partial charge in [0.25, 0.3) is 5.69 Å². The van der Waals surface area contributed by atoms with Crippen molar-refractivity contribution in [2.24, 2.45) is 0 Å². The van der Waals surface area contributed by atoms with E-state index in [0.29, 0.717) is 11.1 Å². The lowest BCUT2D eigenvalue weighted by Crippen LogP contribution is -2.18. The van der Waals surface area contributed by atoms with Crippen molar-refractivity contribution in [2.45, 2.75) is 12.5 Å². The van der Waals surface area contributed by atoms with Gasteiger partial charge in [-0.15, -0.1) is 0 Å². The Hall–Kier alpha value is -2.64. The van der Waals surface area contributed by atoms with Gasteiger partial charge in [0, 0.05) is 17.7 Å². The van der Waals surface area contributed by atoms with E-state index in [1.165, 1.54) is 12.1 Å². The maximum absolute atomic E-state index is 10.5. The van der Waals surface area contributed by atoms with E-state index in [1.54, 1.807) is 31.2 Å². The van der Waals surface area contributed by atoms with E-state index in [9.17, 15) is 15.2 Å². The van der Waals surface area contributed by atoms with Gasteiger partial charge in [0.15, 0.2) is 0 Å². The maximum atomic E-state index is 10.5. The molecule has 0 amide bonds. The molecule has 0 saturated heterocycles. The molecule has 0 aliphatic rings. The van der Waals surface area contributed by atoms with E-state index in [2.05, 4.69) is 11.8 Å². The summed E-state index contributed by atoms with van der Waals surface area (Å²) in [7, 11) is 0. The number of benzene rings is 2. The van der Waals surface area contributed by atoms with Crippen LogP contribution in [-0.2, 0) is 5.60 Å². The highest BCUT2D eigenvalue weighted by molar-refractivity contribution is 5.43. The van der Waals surface area contributed by atoms with Gasteiger partial charge in [-0.3, -0.25) is 10.1 Å². The summed E-state index contributed by atoms with van der Waals surface area (Å²) in [5.74, 6) is 5.60. The summed E-state index contributed by atoms with van der Waals surface area (Å²) in [6.07, 6.45) is 0. The van der Waals surface area contributed by atoms with Crippen molar-refractivity contribution in [3.8, 4) is 11.8 Å². The fourth-order valence-corrected chi connectivity index (χ4v) is 1.70. The number of nitrogens with zero attached hydrogens (tertiary/aromatic N) is 1. The van der Waals surface area contributed by atoms with Gasteiger partial charge in [0.05, 0.1) is 4.92 Å². The number of nitro groups is 1. The van der Waals surface area contributed by atoms with Crippen LogP contribution >= 0.6 is 0 Å². The molecule has 0 saturated carbocycles. The smallest absolute Gasteiger partial charge is 0.269 e. The van der Waals surface area contributed by atoms with Crippen LogP contribution in [0.4, 0.5) is 5.69 Å². The number of hydrogen-bond donors (Lipinski definition) is 1. The Labute approximate surface area is 116 Å². The van der Waals surface area contributed by atoms with Gasteiger partial charge in [-0.05, 0) is 24.6 Å². The van der Waals surface area contributed by atoms with Crippen molar-refractivity contribution >= 4 is 5.69 Å². The Morgan fingerprint density at radius 3 is 2.25 bits per heavy atom. The van der Waals surface area contributed by atoms with Crippen molar-refractivity contribution in [2.75, 3.05) is 0 Å². The molecular weight excluding hydrogens is 254 g/mol. The highest BCUT2D eigenvalue weighted by atomic mass is 16.6. The average Bonchev–Trinajstić information content (AvgIpc) is 2.46. The number of non-ortho nitro benzene ring substituents is 1. The van der Waals surface area contributed by atoms with Crippen LogP contribution in [0.1, 0.15) is 18.1 Å². The van der Waals surface area contributed by atoms with Crippen molar-refractivity contribution in [3.63, 3.8) is 0 Å². The van der Waals surface area contributed by atoms with E-state index in [1.807, 2.05) is 18.2 Å². The lowest BCUT2D eigenvalue weighted by Gasteiger charge is -2.16. The second-order valence-electron chi connectivity index (χ2n) is 4.49. The van der Waals surface area contributed by atoms with Crippen LogP contribution in [0.2, 0.25) is 0 Å². The lowest BCUT2D eigenvalue weighted by atomic mass is 9.96. The third kappa shape index (κ3) is 3.22. The molecule has 1 unspecified atom stereocenters. The zero-order valence-electron chi connectivity index (χ0n) is 10.9. The van der Waals surface area contributed by atoms with E-state index in [0.717, 1.165) is 0 Å². The molecule has 1 atom stereocenters. The number of hydrogen-bond acceptors (Lipinski definition) is 3. The Bertz CT molecular complexity index is 664. The van der Waals surface area contributed by atoms with Crippen molar-refractivity contribution in [1.29, 1.82) is 0 Å². The zero-order chi connectivity index (χ0) is 14.6. The van der Waals surface area contributed by atoms with Crippen molar-refractivity contribution in [3.05, 3.63) is 75.8 Å². The molecule has 0 aliphatic carbocycles. The predicted octanol–water partition coefficient (Wildman–Crippen LogP) is 2.85. The Balaban J connectivity index is 2.24. The highest BCUT2D eigenvalue weighted by Gasteiger charge is 2.19.